The SMILES string of the molecule is CCCCCCCC(NN)c1ccc(O)cc1. The minimum absolute atomic E-state index is 0.192. The Balaban J connectivity index is 2.35. The average Bonchev–Trinajstić information content (AvgIpc) is 2.35. The molecule has 0 aliphatic rings. The number of unbranched alkanes of at least 4 members (excludes halogenated alkanes) is 4. The summed E-state index contributed by atoms with van der Waals surface area (Å²) in [4.78, 5) is 0. The summed E-state index contributed by atoms with van der Waals surface area (Å²) in [6, 6.07) is 7.45. The van der Waals surface area contributed by atoms with Crippen LogP contribution in [-0.4, -0.2) is 5.11 Å². The number of benzene rings is 1. The van der Waals surface area contributed by atoms with E-state index in [1.54, 1.807) is 12.1 Å². The van der Waals surface area contributed by atoms with Gasteiger partial charge in [0.2, 0.25) is 0 Å². The van der Waals surface area contributed by atoms with Gasteiger partial charge in [0.1, 0.15) is 5.75 Å². The van der Waals surface area contributed by atoms with E-state index >= 15 is 0 Å². The van der Waals surface area contributed by atoms with Gasteiger partial charge in [-0.2, -0.15) is 0 Å². The summed E-state index contributed by atoms with van der Waals surface area (Å²) in [5, 5.41) is 9.23. The van der Waals surface area contributed by atoms with Gasteiger partial charge in [0.15, 0.2) is 0 Å². The molecule has 0 saturated carbocycles. The van der Waals surface area contributed by atoms with E-state index in [1.165, 1.54) is 32.1 Å². The van der Waals surface area contributed by atoms with Crippen LogP contribution in [0.3, 0.4) is 0 Å². The van der Waals surface area contributed by atoms with Crippen molar-refractivity contribution in [2.75, 3.05) is 0 Å². The van der Waals surface area contributed by atoms with E-state index in [9.17, 15) is 5.11 Å². The minimum atomic E-state index is 0.192. The number of hydrogen-bond acceptors (Lipinski definition) is 3. The van der Waals surface area contributed by atoms with Gasteiger partial charge in [0.05, 0.1) is 0 Å². The normalized spacial score (nSPS) is 12.6. The van der Waals surface area contributed by atoms with Gasteiger partial charge in [-0.05, 0) is 24.1 Å². The van der Waals surface area contributed by atoms with Crippen LogP contribution in [0.4, 0.5) is 0 Å². The molecular formula is C14H24N2O. The van der Waals surface area contributed by atoms with Crippen LogP contribution in [0.15, 0.2) is 24.3 Å². The Bertz CT molecular complexity index is 298. The number of aromatic hydroxyl groups is 1. The molecule has 1 aromatic carbocycles. The molecule has 0 spiro atoms. The second-order valence-corrected chi connectivity index (χ2v) is 4.51. The van der Waals surface area contributed by atoms with Crippen molar-refractivity contribution in [1.29, 1.82) is 0 Å². The Morgan fingerprint density at radius 3 is 2.35 bits per heavy atom. The molecule has 0 bridgehead atoms. The molecule has 17 heavy (non-hydrogen) atoms. The summed E-state index contributed by atoms with van der Waals surface area (Å²) >= 11 is 0. The van der Waals surface area contributed by atoms with E-state index in [0.717, 1.165) is 12.0 Å². The summed E-state index contributed by atoms with van der Waals surface area (Å²) in [5.41, 5.74) is 3.99. The lowest BCUT2D eigenvalue weighted by atomic mass is 10.0. The van der Waals surface area contributed by atoms with E-state index in [0.29, 0.717) is 5.75 Å². The van der Waals surface area contributed by atoms with E-state index < -0.39 is 0 Å². The topological polar surface area (TPSA) is 58.3 Å². The molecular weight excluding hydrogens is 212 g/mol. The van der Waals surface area contributed by atoms with Crippen molar-refractivity contribution in [3.05, 3.63) is 29.8 Å². The van der Waals surface area contributed by atoms with Crippen molar-refractivity contribution in [3.63, 3.8) is 0 Å². The first-order valence-electron chi connectivity index (χ1n) is 6.53. The van der Waals surface area contributed by atoms with Crippen molar-refractivity contribution in [2.45, 2.75) is 51.5 Å². The lowest BCUT2D eigenvalue weighted by Gasteiger charge is -2.16. The second kappa shape index (κ2) is 8.09. The molecule has 0 radical (unpaired) electrons. The number of hydrazine groups is 1. The third-order valence-electron chi connectivity index (χ3n) is 3.09. The molecule has 4 N–H and O–H groups in total. The summed E-state index contributed by atoms with van der Waals surface area (Å²) in [7, 11) is 0. The summed E-state index contributed by atoms with van der Waals surface area (Å²) < 4.78 is 0. The van der Waals surface area contributed by atoms with Crippen LogP contribution < -0.4 is 11.3 Å². The fourth-order valence-electron chi connectivity index (χ4n) is 2.00. The van der Waals surface area contributed by atoms with Gasteiger partial charge in [-0.25, -0.2) is 0 Å². The zero-order chi connectivity index (χ0) is 12.5. The fraction of sp³-hybridized carbons (Fsp3) is 0.571. The van der Waals surface area contributed by atoms with Crippen molar-refractivity contribution in [3.8, 4) is 5.75 Å². The Morgan fingerprint density at radius 2 is 1.76 bits per heavy atom. The molecule has 0 fully saturated rings. The monoisotopic (exact) mass is 236 g/mol. The number of phenolic OH excluding ortho intramolecular Hbond substituents is 1. The molecule has 3 heteroatoms. The number of phenols is 1. The highest BCUT2D eigenvalue weighted by Gasteiger charge is 2.08. The van der Waals surface area contributed by atoms with Gasteiger partial charge in [0.25, 0.3) is 0 Å². The third kappa shape index (κ3) is 5.20. The van der Waals surface area contributed by atoms with Gasteiger partial charge < -0.3 is 5.11 Å². The third-order valence-corrected chi connectivity index (χ3v) is 3.09. The molecule has 1 unspecified atom stereocenters. The molecule has 0 aliphatic heterocycles. The predicted octanol–water partition coefficient (Wildman–Crippen LogP) is 3.26. The maximum atomic E-state index is 9.23. The van der Waals surface area contributed by atoms with Gasteiger partial charge in [0, 0.05) is 6.04 Å². The maximum Gasteiger partial charge on any atom is 0.115 e. The first-order chi connectivity index (χ1) is 8.27. The first kappa shape index (κ1) is 14.0. The van der Waals surface area contributed by atoms with Gasteiger partial charge in [-0.3, -0.25) is 11.3 Å². The molecule has 0 saturated heterocycles. The van der Waals surface area contributed by atoms with Crippen LogP contribution in [0.5, 0.6) is 5.75 Å². The Kier molecular flexibility index (Phi) is 6.67. The Hall–Kier alpha value is -1.06. The zero-order valence-electron chi connectivity index (χ0n) is 10.7. The van der Waals surface area contributed by atoms with Crippen molar-refractivity contribution < 1.29 is 5.11 Å². The molecule has 0 amide bonds. The lowest BCUT2D eigenvalue weighted by Crippen LogP contribution is -2.27. The fourth-order valence-corrected chi connectivity index (χ4v) is 2.00. The first-order valence-corrected chi connectivity index (χ1v) is 6.53. The lowest BCUT2D eigenvalue weighted by molar-refractivity contribution is 0.468. The molecule has 0 aromatic heterocycles. The van der Waals surface area contributed by atoms with E-state index in [1.807, 2.05) is 12.1 Å². The largest absolute Gasteiger partial charge is 0.508 e. The molecule has 96 valence electrons. The van der Waals surface area contributed by atoms with Crippen molar-refractivity contribution >= 4 is 0 Å². The number of nitrogens with two attached hydrogens (primary N) is 1. The van der Waals surface area contributed by atoms with Crippen LogP contribution >= 0.6 is 0 Å². The zero-order valence-corrected chi connectivity index (χ0v) is 10.7. The molecule has 1 aromatic rings. The molecule has 0 heterocycles. The van der Waals surface area contributed by atoms with Crippen LogP contribution in [0.1, 0.15) is 57.1 Å². The van der Waals surface area contributed by atoms with Crippen LogP contribution in [0, 0.1) is 0 Å². The summed E-state index contributed by atoms with van der Waals surface area (Å²) in [6.07, 6.45) is 7.41. The highest BCUT2D eigenvalue weighted by atomic mass is 16.3. The highest BCUT2D eigenvalue weighted by molar-refractivity contribution is 5.27. The van der Waals surface area contributed by atoms with E-state index in [4.69, 9.17) is 5.84 Å². The second-order valence-electron chi connectivity index (χ2n) is 4.51. The summed E-state index contributed by atoms with van der Waals surface area (Å²) in [5.74, 6) is 5.87. The molecule has 3 nitrogen and oxygen atoms in total. The highest BCUT2D eigenvalue weighted by Crippen LogP contribution is 2.21. The number of hydrogen-bond donors (Lipinski definition) is 3. The quantitative estimate of drug-likeness (QED) is 0.369. The van der Waals surface area contributed by atoms with Crippen LogP contribution in [-0.2, 0) is 0 Å². The molecule has 1 atom stereocenters. The van der Waals surface area contributed by atoms with E-state index in [2.05, 4.69) is 12.3 Å². The average molecular weight is 236 g/mol. The molecule has 1 rings (SSSR count). The van der Waals surface area contributed by atoms with E-state index in [-0.39, 0.29) is 6.04 Å². The Labute approximate surface area is 104 Å². The number of rotatable bonds is 8. The van der Waals surface area contributed by atoms with Gasteiger partial charge in [-0.15, -0.1) is 0 Å². The standard InChI is InChI=1S/C14H24N2O/c1-2-3-4-5-6-7-14(16-15)12-8-10-13(17)11-9-12/h8-11,14,16-17H,2-7,15H2,1H3. The molecule has 0 aliphatic carbocycles. The van der Waals surface area contributed by atoms with Gasteiger partial charge >= 0.3 is 0 Å². The van der Waals surface area contributed by atoms with Gasteiger partial charge in [-0.1, -0.05) is 51.2 Å². The predicted molar refractivity (Wildman–Crippen MR) is 71.5 cm³/mol. The number of nitrogens with one attached hydrogen (secondary N) is 1. The maximum absolute atomic E-state index is 9.23. The van der Waals surface area contributed by atoms with Crippen molar-refractivity contribution in [1.82, 2.24) is 5.43 Å². The minimum Gasteiger partial charge on any atom is -0.508 e. The van der Waals surface area contributed by atoms with Crippen LogP contribution in [0.25, 0.3) is 0 Å². The smallest absolute Gasteiger partial charge is 0.115 e. The van der Waals surface area contributed by atoms with Crippen LogP contribution in [0.2, 0.25) is 0 Å². The Morgan fingerprint density at radius 1 is 1.12 bits per heavy atom. The summed E-state index contributed by atoms with van der Waals surface area (Å²) in [6.45, 7) is 2.22. The van der Waals surface area contributed by atoms with Crippen molar-refractivity contribution in [2.24, 2.45) is 5.84 Å².